The zero-order chi connectivity index (χ0) is 23.7. The quantitative estimate of drug-likeness (QED) is 0.335. The third-order valence-corrected chi connectivity index (χ3v) is 13.8. The van der Waals surface area contributed by atoms with Crippen molar-refractivity contribution in [2.75, 3.05) is 7.11 Å². The number of rotatable bonds is 8. The Morgan fingerprint density at radius 2 is 1.52 bits per heavy atom. The fourth-order valence-electron chi connectivity index (χ4n) is 5.63. The second-order valence-electron chi connectivity index (χ2n) is 10.8. The van der Waals surface area contributed by atoms with Crippen LogP contribution in [0.2, 0.25) is 36.3 Å². The summed E-state index contributed by atoms with van der Waals surface area (Å²) in [6.07, 6.45) is 3.93. The van der Waals surface area contributed by atoms with Gasteiger partial charge in [-0.05, 0) is 42.7 Å². The van der Waals surface area contributed by atoms with Gasteiger partial charge in [0.15, 0.2) is 14.1 Å². The molecule has 0 amide bonds. The molecule has 0 heterocycles. The number of esters is 1. The maximum absolute atomic E-state index is 12.9. The molecule has 2 rings (SSSR count). The highest BCUT2D eigenvalue weighted by Gasteiger charge is 2.52. The minimum atomic E-state index is -2.20. The number of hydrogen-bond acceptors (Lipinski definition) is 5. The smallest absolute Gasteiger partial charge is 0.333 e. The molecule has 31 heavy (non-hydrogen) atoms. The molecule has 0 fully saturated rings. The summed E-state index contributed by atoms with van der Waals surface area (Å²) >= 11 is 0. The summed E-state index contributed by atoms with van der Waals surface area (Å²) < 4.78 is 18.9. The number of methoxy groups -OCH3 is 1. The van der Waals surface area contributed by atoms with E-state index in [0.717, 1.165) is 0 Å². The van der Waals surface area contributed by atoms with Gasteiger partial charge in [-0.2, -0.15) is 0 Å². The third-order valence-electron chi connectivity index (χ3n) is 6.76. The SMILES string of the molecule is COC(=O)C1=CCC(=O)C2=CCC(O[Si](C(C)C)(C(C)C)C(C)C)[C@@H]1C2O[Si](C)(C)C. The van der Waals surface area contributed by atoms with Gasteiger partial charge in [0, 0.05) is 23.5 Å². The van der Waals surface area contributed by atoms with E-state index in [1.807, 2.05) is 6.08 Å². The Morgan fingerprint density at radius 3 is 1.97 bits per heavy atom. The molecular weight excluding hydrogens is 424 g/mol. The van der Waals surface area contributed by atoms with Crippen LogP contribution in [0.15, 0.2) is 23.3 Å². The van der Waals surface area contributed by atoms with Gasteiger partial charge in [-0.15, -0.1) is 0 Å². The molecule has 176 valence electrons. The van der Waals surface area contributed by atoms with E-state index < -0.39 is 22.7 Å². The van der Waals surface area contributed by atoms with Gasteiger partial charge in [-0.3, -0.25) is 4.79 Å². The highest BCUT2D eigenvalue weighted by Crippen LogP contribution is 2.47. The van der Waals surface area contributed by atoms with Crippen molar-refractivity contribution in [2.45, 2.75) is 103 Å². The van der Waals surface area contributed by atoms with Crippen LogP contribution < -0.4 is 0 Å². The van der Waals surface area contributed by atoms with Gasteiger partial charge in [-0.25, -0.2) is 4.79 Å². The van der Waals surface area contributed by atoms with Gasteiger partial charge in [0.25, 0.3) is 0 Å². The normalized spacial score (nSPS) is 24.9. The second-order valence-corrected chi connectivity index (χ2v) is 20.7. The van der Waals surface area contributed by atoms with Crippen LogP contribution in [0, 0.1) is 5.92 Å². The van der Waals surface area contributed by atoms with E-state index >= 15 is 0 Å². The molecule has 0 aromatic carbocycles. The van der Waals surface area contributed by atoms with Crippen molar-refractivity contribution in [3.05, 3.63) is 23.3 Å². The van der Waals surface area contributed by atoms with E-state index in [4.69, 9.17) is 13.6 Å². The molecule has 0 saturated heterocycles. The Labute approximate surface area is 190 Å². The number of hydrogen-bond donors (Lipinski definition) is 0. The number of carbonyl (C=O) groups is 2. The fraction of sp³-hybridized carbons (Fsp3) is 0.750. The molecule has 2 aliphatic rings. The predicted molar refractivity (Wildman–Crippen MR) is 130 cm³/mol. The van der Waals surface area contributed by atoms with Crippen LogP contribution >= 0.6 is 0 Å². The molecule has 0 aromatic rings. The summed E-state index contributed by atoms with van der Waals surface area (Å²) in [4.78, 5) is 25.8. The number of ether oxygens (including phenoxy) is 1. The molecule has 2 bridgehead atoms. The lowest BCUT2D eigenvalue weighted by molar-refractivity contribution is -0.138. The standard InChI is InChI=1S/C24H42O5Si2/c1-15(2)31(16(3)4,17(5)6)28-21-14-12-18-20(25)13-11-19(24(26)27-7)22(21)23(18)29-30(8,9)10/h11-12,15-17,21-23H,13-14H2,1-10H3/t21?,22-,23?/m1/s1. The minimum absolute atomic E-state index is 0.0330. The molecular formula is C24H42O5Si2. The topological polar surface area (TPSA) is 61.8 Å². The van der Waals surface area contributed by atoms with Crippen LogP contribution in [0.3, 0.4) is 0 Å². The van der Waals surface area contributed by atoms with Gasteiger partial charge in [0.2, 0.25) is 8.32 Å². The van der Waals surface area contributed by atoms with Gasteiger partial charge in [-0.1, -0.05) is 53.7 Å². The summed E-state index contributed by atoms with van der Waals surface area (Å²) in [7, 11) is -2.81. The Kier molecular flexibility index (Phi) is 8.33. The lowest BCUT2D eigenvalue weighted by Crippen LogP contribution is -2.55. The molecule has 2 aliphatic carbocycles. The Bertz CT molecular complexity index is 724. The van der Waals surface area contributed by atoms with Crippen LogP contribution in [-0.4, -0.2) is 47.7 Å². The summed E-state index contributed by atoms with van der Waals surface area (Å²) in [6.45, 7) is 19.9. The summed E-state index contributed by atoms with van der Waals surface area (Å²) in [6, 6.07) is 0. The van der Waals surface area contributed by atoms with E-state index in [9.17, 15) is 9.59 Å². The van der Waals surface area contributed by atoms with E-state index in [1.54, 1.807) is 6.08 Å². The lowest BCUT2D eigenvalue weighted by Gasteiger charge is -2.48. The monoisotopic (exact) mass is 466 g/mol. The largest absolute Gasteiger partial charge is 0.466 e. The zero-order valence-corrected chi connectivity index (χ0v) is 23.1. The molecule has 0 saturated carbocycles. The molecule has 7 heteroatoms. The first-order valence-corrected chi connectivity index (χ1v) is 17.2. The van der Waals surface area contributed by atoms with Crippen molar-refractivity contribution in [3.63, 3.8) is 0 Å². The highest BCUT2D eigenvalue weighted by molar-refractivity contribution is 6.77. The first-order chi connectivity index (χ1) is 14.3. The predicted octanol–water partition coefficient (Wildman–Crippen LogP) is 5.79. The molecule has 0 spiro atoms. The van der Waals surface area contributed by atoms with Crippen molar-refractivity contribution < 1.29 is 23.2 Å². The number of fused-ring (bicyclic) bond motifs is 2. The van der Waals surface area contributed by atoms with E-state index in [-0.39, 0.29) is 30.2 Å². The molecule has 3 atom stereocenters. The Morgan fingerprint density at radius 1 is 0.968 bits per heavy atom. The highest BCUT2D eigenvalue weighted by atomic mass is 28.4. The van der Waals surface area contributed by atoms with Crippen LogP contribution in [0.4, 0.5) is 0 Å². The first-order valence-electron chi connectivity index (χ1n) is 11.6. The van der Waals surface area contributed by atoms with E-state index in [1.165, 1.54) is 7.11 Å². The molecule has 2 unspecified atom stereocenters. The number of carbonyl (C=O) groups excluding carboxylic acids is 2. The van der Waals surface area contributed by atoms with E-state index in [0.29, 0.717) is 34.2 Å². The van der Waals surface area contributed by atoms with Gasteiger partial charge < -0.3 is 13.6 Å². The van der Waals surface area contributed by atoms with Gasteiger partial charge in [0.1, 0.15) is 0 Å². The van der Waals surface area contributed by atoms with E-state index in [2.05, 4.69) is 61.2 Å². The lowest BCUT2D eigenvalue weighted by atomic mass is 9.79. The first kappa shape index (κ1) is 26.2. The molecule has 0 aliphatic heterocycles. The summed E-state index contributed by atoms with van der Waals surface area (Å²) in [5, 5.41) is 0. The summed E-state index contributed by atoms with van der Waals surface area (Å²) in [5.74, 6) is -0.677. The number of ketones is 1. The zero-order valence-electron chi connectivity index (χ0n) is 21.1. The average molecular weight is 467 g/mol. The Hall–Kier alpha value is -1.03. The molecule has 0 radical (unpaired) electrons. The number of Topliss-reactive ketones (excluding diaryl/α,β-unsaturated/α-hetero) is 1. The maximum atomic E-state index is 12.9. The fourth-order valence-corrected chi connectivity index (χ4v) is 12.3. The van der Waals surface area contributed by atoms with Crippen LogP contribution in [0.1, 0.15) is 54.4 Å². The maximum Gasteiger partial charge on any atom is 0.333 e. The van der Waals surface area contributed by atoms with Crippen molar-refractivity contribution in [3.8, 4) is 0 Å². The summed E-state index contributed by atoms with van der Waals surface area (Å²) in [5.41, 5.74) is 2.51. The van der Waals surface area contributed by atoms with Gasteiger partial charge in [0.05, 0.1) is 19.3 Å². The van der Waals surface area contributed by atoms with Gasteiger partial charge >= 0.3 is 5.97 Å². The molecule has 5 nitrogen and oxygen atoms in total. The number of allylic oxidation sites excluding steroid dienone is 1. The van der Waals surface area contributed by atoms with Crippen molar-refractivity contribution in [1.29, 1.82) is 0 Å². The second kappa shape index (κ2) is 9.85. The molecule has 0 aromatic heterocycles. The van der Waals surface area contributed by atoms with Crippen molar-refractivity contribution in [2.24, 2.45) is 5.92 Å². The third kappa shape index (κ3) is 5.32. The minimum Gasteiger partial charge on any atom is -0.466 e. The Balaban J connectivity index is 2.64. The average Bonchev–Trinajstić information content (AvgIpc) is 2.72. The van der Waals surface area contributed by atoms with Crippen molar-refractivity contribution >= 4 is 28.4 Å². The molecule has 0 N–H and O–H groups in total. The van der Waals surface area contributed by atoms with Crippen LogP contribution in [-0.2, 0) is 23.2 Å². The van der Waals surface area contributed by atoms with Crippen molar-refractivity contribution in [1.82, 2.24) is 0 Å². The van der Waals surface area contributed by atoms with Crippen LogP contribution in [0.25, 0.3) is 0 Å². The van der Waals surface area contributed by atoms with Crippen LogP contribution in [0.5, 0.6) is 0 Å².